The average Bonchev–Trinajstić information content (AvgIpc) is 2.93. The van der Waals surface area contributed by atoms with Crippen LogP contribution in [0.1, 0.15) is 43.2 Å². The van der Waals surface area contributed by atoms with Gasteiger partial charge in [0.25, 0.3) is 0 Å². The number of aryl methyl sites for hydroxylation is 1. The van der Waals surface area contributed by atoms with E-state index in [0.29, 0.717) is 31.0 Å². The number of likely N-dealkylation sites (tertiary alicyclic amines) is 1. The summed E-state index contributed by atoms with van der Waals surface area (Å²) in [7, 11) is 0. The van der Waals surface area contributed by atoms with Gasteiger partial charge in [-0.05, 0) is 62.9 Å². The maximum atomic E-state index is 13.2. The van der Waals surface area contributed by atoms with Crippen LogP contribution in [0.25, 0.3) is 0 Å². The molecule has 0 aromatic heterocycles. The lowest BCUT2D eigenvalue weighted by molar-refractivity contribution is -0.131. The molecule has 1 N–H and O–H groups in total. The Bertz CT molecular complexity index is 1100. The number of anilines is 1. The molecule has 0 aliphatic carbocycles. The number of ether oxygens (including phenoxy) is 2. The molecular weight excluding hydrogens is 472 g/mol. The van der Waals surface area contributed by atoms with E-state index in [2.05, 4.69) is 11.4 Å². The van der Waals surface area contributed by atoms with Crippen LogP contribution in [0.3, 0.4) is 0 Å². The van der Waals surface area contributed by atoms with Gasteiger partial charge < -0.3 is 24.6 Å². The molecule has 2 aromatic rings. The fraction of sp³-hybridized carbons (Fsp3) is 0.517. The minimum absolute atomic E-state index is 0.0148. The zero-order valence-corrected chi connectivity index (χ0v) is 21.3. The summed E-state index contributed by atoms with van der Waals surface area (Å²) in [6.45, 7) is 2.41. The molecule has 3 heterocycles. The van der Waals surface area contributed by atoms with E-state index in [9.17, 15) is 14.0 Å². The molecule has 7 nitrogen and oxygen atoms in total. The van der Waals surface area contributed by atoms with Crippen LogP contribution >= 0.6 is 0 Å². The second kappa shape index (κ2) is 11.9. The maximum Gasteiger partial charge on any atom is 0.227 e. The minimum atomic E-state index is -0.599. The molecule has 0 saturated carbocycles. The van der Waals surface area contributed by atoms with Crippen LogP contribution in [-0.4, -0.2) is 68.3 Å². The number of carbonyl (C=O) groups excluding carboxylic acids is 2. The van der Waals surface area contributed by atoms with Crippen molar-refractivity contribution in [1.82, 2.24) is 10.2 Å². The molecule has 37 heavy (non-hydrogen) atoms. The summed E-state index contributed by atoms with van der Waals surface area (Å²) < 4.78 is 24.7. The van der Waals surface area contributed by atoms with E-state index in [4.69, 9.17) is 9.47 Å². The highest BCUT2D eigenvalue weighted by molar-refractivity contribution is 5.97. The first-order valence-electron chi connectivity index (χ1n) is 13.5. The first kappa shape index (κ1) is 25.5. The molecule has 0 radical (unpaired) electrons. The number of fused-ring (bicyclic) bond motifs is 1. The number of hydrogen-bond donors (Lipinski definition) is 1. The van der Waals surface area contributed by atoms with Crippen LogP contribution in [0.4, 0.5) is 10.1 Å². The smallest absolute Gasteiger partial charge is 0.227 e. The van der Waals surface area contributed by atoms with Gasteiger partial charge in [-0.1, -0.05) is 24.3 Å². The van der Waals surface area contributed by atoms with Gasteiger partial charge >= 0.3 is 0 Å². The predicted molar refractivity (Wildman–Crippen MR) is 140 cm³/mol. The molecular formula is C29H36FN3O4. The highest BCUT2D eigenvalue weighted by Gasteiger charge is 2.33. The Morgan fingerprint density at radius 3 is 2.59 bits per heavy atom. The fourth-order valence-corrected chi connectivity index (χ4v) is 5.65. The zero-order chi connectivity index (χ0) is 25.6. The van der Waals surface area contributed by atoms with Gasteiger partial charge in [-0.15, -0.1) is 0 Å². The third kappa shape index (κ3) is 6.06. The van der Waals surface area contributed by atoms with E-state index in [-0.39, 0.29) is 37.0 Å². The topological polar surface area (TPSA) is 71.1 Å². The van der Waals surface area contributed by atoms with Crippen molar-refractivity contribution in [3.05, 3.63) is 53.6 Å². The third-order valence-electron chi connectivity index (χ3n) is 7.61. The van der Waals surface area contributed by atoms with E-state index in [1.54, 1.807) is 6.07 Å². The van der Waals surface area contributed by atoms with E-state index >= 15 is 0 Å². The van der Waals surface area contributed by atoms with Crippen LogP contribution < -0.4 is 19.7 Å². The third-order valence-corrected chi connectivity index (χ3v) is 7.61. The van der Waals surface area contributed by atoms with E-state index in [1.165, 1.54) is 5.56 Å². The van der Waals surface area contributed by atoms with Crippen molar-refractivity contribution in [1.29, 1.82) is 0 Å². The molecule has 198 valence electrons. The quantitative estimate of drug-likeness (QED) is 0.589. The summed E-state index contributed by atoms with van der Waals surface area (Å²) >= 11 is 0. The van der Waals surface area contributed by atoms with Gasteiger partial charge in [0.05, 0.1) is 6.42 Å². The predicted octanol–water partition coefficient (Wildman–Crippen LogP) is 3.68. The lowest BCUT2D eigenvalue weighted by atomic mass is 9.95. The largest absolute Gasteiger partial charge is 0.490 e. The second-order valence-electron chi connectivity index (χ2n) is 10.1. The molecule has 0 spiro atoms. The van der Waals surface area contributed by atoms with Gasteiger partial charge in [-0.2, -0.15) is 0 Å². The average molecular weight is 509 g/mol. The van der Waals surface area contributed by atoms with Crippen molar-refractivity contribution in [2.45, 2.75) is 57.1 Å². The SMILES string of the molecule is O=C(Cc1ccc(OC2CCNCC2)cc1OCC[18F])N1CCC(N2C(=O)CCc3ccccc32)CC1. The van der Waals surface area contributed by atoms with E-state index in [1.807, 2.05) is 40.1 Å². The van der Waals surface area contributed by atoms with Crippen molar-refractivity contribution in [3.8, 4) is 11.5 Å². The Morgan fingerprint density at radius 1 is 1.03 bits per heavy atom. The Kier molecular flexibility index (Phi) is 8.24. The van der Waals surface area contributed by atoms with Crippen LogP contribution in [0.2, 0.25) is 0 Å². The second-order valence-corrected chi connectivity index (χ2v) is 10.1. The summed E-state index contributed by atoms with van der Waals surface area (Å²) in [6, 6.07) is 13.7. The number of benzene rings is 2. The highest BCUT2D eigenvalue weighted by Crippen LogP contribution is 2.33. The molecule has 0 bridgehead atoms. The number of nitrogens with zero attached hydrogens (tertiary/aromatic N) is 2. The van der Waals surface area contributed by atoms with Crippen LogP contribution in [0, 0.1) is 0 Å². The van der Waals surface area contributed by atoms with Crippen LogP contribution in [0.5, 0.6) is 11.5 Å². The minimum Gasteiger partial charge on any atom is -0.490 e. The normalized spacial score (nSPS) is 19.0. The van der Waals surface area contributed by atoms with Crippen molar-refractivity contribution in [2.24, 2.45) is 0 Å². The molecule has 2 saturated heterocycles. The van der Waals surface area contributed by atoms with Gasteiger partial charge in [0, 0.05) is 42.9 Å². The number of piperidine rings is 2. The molecule has 8 heteroatoms. The number of halogens is 1. The first-order valence-corrected chi connectivity index (χ1v) is 13.5. The zero-order valence-electron chi connectivity index (χ0n) is 21.3. The maximum absolute atomic E-state index is 13.2. The molecule has 0 atom stereocenters. The Morgan fingerprint density at radius 2 is 1.81 bits per heavy atom. The molecule has 3 aliphatic heterocycles. The van der Waals surface area contributed by atoms with Gasteiger partial charge in [0.2, 0.25) is 11.8 Å². The Hall–Kier alpha value is -3.13. The van der Waals surface area contributed by atoms with Crippen molar-refractivity contribution < 1.29 is 23.5 Å². The molecule has 0 unspecified atom stereocenters. The summed E-state index contributed by atoms with van der Waals surface area (Å²) in [5.74, 6) is 1.37. The number of carbonyl (C=O) groups is 2. The Labute approximate surface area is 217 Å². The summed E-state index contributed by atoms with van der Waals surface area (Å²) in [5.41, 5.74) is 2.97. The highest BCUT2D eigenvalue weighted by atomic mass is 18.2. The van der Waals surface area contributed by atoms with Gasteiger partial charge in [-0.25, -0.2) is 4.39 Å². The van der Waals surface area contributed by atoms with Crippen molar-refractivity contribution >= 4 is 17.5 Å². The molecule has 2 amide bonds. The van der Waals surface area contributed by atoms with Gasteiger partial charge in [-0.3, -0.25) is 9.59 Å². The number of para-hydroxylation sites is 1. The molecule has 3 aliphatic rings. The number of rotatable bonds is 8. The summed E-state index contributed by atoms with van der Waals surface area (Å²) in [4.78, 5) is 29.8. The Balaban J connectivity index is 1.21. The van der Waals surface area contributed by atoms with Crippen molar-refractivity contribution in [2.75, 3.05) is 44.4 Å². The summed E-state index contributed by atoms with van der Waals surface area (Å²) in [5, 5.41) is 3.32. The number of hydrogen-bond acceptors (Lipinski definition) is 5. The first-order chi connectivity index (χ1) is 18.1. The van der Waals surface area contributed by atoms with Crippen LogP contribution in [-0.2, 0) is 22.4 Å². The number of nitrogens with one attached hydrogen (secondary N) is 1. The standard InChI is InChI=1S/C29H36FN3O4/c30-13-18-36-27-20-25(37-24-9-14-31-15-10-24)7-5-22(27)19-29(35)32-16-11-23(12-17-32)33-26-4-2-1-3-21(26)6-8-28(33)34/h1-5,7,20,23-24,31H,6,8-19H2/i30-1. The molecule has 2 aromatic carbocycles. The van der Waals surface area contributed by atoms with E-state index in [0.717, 1.165) is 56.4 Å². The van der Waals surface area contributed by atoms with E-state index < -0.39 is 6.67 Å². The van der Waals surface area contributed by atoms with Gasteiger partial charge in [0.1, 0.15) is 30.9 Å². The monoisotopic (exact) mass is 508 g/mol. The van der Waals surface area contributed by atoms with Crippen molar-refractivity contribution in [3.63, 3.8) is 0 Å². The lowest BCUT2D eigenvalue weighted by Gasteiger charge is -2.41. The van der Waals surface area contributed by atoms with Crippen LogP contribution in [0.15, 0.2) is 42.5 Å². The van der Waals surface area contributed by atoms with Gasteiger partial charge in [0.15, 0.2) is 0 Å². The molecule has 2 fully saturated rings. The number of amides is 2. The molecule has 5 rings (SSSR count). The fourth-order valence-electron chi connectivity index (χ4n) is 5.65. The summed E-state index contributed by atoms with van der Waals surface area (Å²) in [6.07, 6.45) is 5.03. The lowest BCUT2D eigenvalue weighted by Crippen LogP contribution is -2.50. The number of alkyl halides is 1.